The van der Waals surface area contributed by atoms with Crippen molar-refractivity contribution in [1.82, 2.24) is 29.1 Å². The van der Waals surface area contributed by atoms with Crippen LogP contribution in [0.2, 0.25) is 0 Å². The summed E-state index contributed by atoms with van der Waals surface area (Å²) in [6, 6.07) is 40.0. The van der Waals surface area contributed by atoms with E-state index in [2.05, 4.69) is 12.1 Å². The van der Waals surface area contributed by atoms with Gasteiger partial charge < -0.3 is 0 Å². The molecule has 0 saturated heterocycles. The quantitative estimate of drug-likeness (QED) is 0.137. The first-order valence-corrected chi connectivity index (χ1v) is 17.2. The number of nitrogens with zero attached hydrogens (tertiary/aromatic N) is 6. The Morgan fingerprint density at radius 3 is 1.50 bits per heavy atom. The van der Waals surface area contributed by atoms with Crippen LogP contribution in [-0.2, 0) is 0 Å². The highest BCUT2D eigenvalue weighted by molar-refractivity contribution is 7.00. The number of pyridine rings is 2. The molecule has 0 fully saturated rings. The molecule has 6 heterocycles. The van der Waals surface area contributed by atoms with Crippen LogP contribution in [0.3, 0.4) is 0 Å². The lowest BCUT2D eigenvalue weighted by molar-refractivity contribution is 0.587. The molecule has 0 bridgehead atoms. The molecule has 9 aromatic rings. The van der Waals surface area contributed by atoms with E-state index in [1.807, 2.05) is 88.0 Å². The van der Waals surface area contributed by atoms with Gasteiger partial charge in [0, 0.05) is 22.5 Å². The summed E-state index contributed by atoms with van der Waals surface area (Å²) in [5, 5.41) is 0. The lowest BCUT2D eigenvalue weighted by atomic mass is 9.34. The molecule has 0 aliphatic carbocycles. The van der Waals surface area contributed by atoms with Crippen LogP contribution in [0, 0.1) is 17.5 Å². The molecule has 2 aliphatic rings. The molecule has 4 aromatic heterocycles. The summed E-state index contributed by atoms with van der Waals surface area (Å²) >= 11 is 0. The molecule has 6 nitrogen and oxygen atoms in total. The van der Waals surface area contributed by atoms with Crippen LogP contribution >= 0.6 is 0 Å². The first kappa shape index (κ1) is 31.8. The van der Waals surface area contributed by atoms with Gasteiger partial charge in [0.05, 0.1) is 40.7 Å². The van der Waals surface area contributed by atoms with Crippen LogP contribution in [0.25, 0.3) is 79.0 Å². The summed E-state index contributed by atoms with van der Waals surface area (Å²) in [5.41, 5.74) is 9.61. The lowest BCUT2D eigenvalue weighted by Gasteiger charge is -2.33. The van der Waals surface area contributed by atoms with Crippen molar-refractivity contribution in [3.05, 3.63) is 151 Å². The zero-order chi connectivity index (χ0) is 36.7. The Kier molecular flexibility index (Phi) is 7.13. The molecule has 5 aromatic carbocycles. The fourth-order valence-corrected chi connectivity index (χ4v) is 8.05. The lowest BCUT2D eigenvalue weighted by Crippen LogP contribution is -2.59. The summed E-state index contributed by atoms with van der Waals surface area (Å²) in [7, 11) is 0.500. The van der Waals surface area contributed by atoms with E-state index in [0.717, 1.165) is 44.4 Å². The van der Waals surface area contributed by atoms with Gasteiger partial charge in [0.25, 0.3) is 6.71 Å². The topological polar surface area (TPSA) is 61.4 Å². The van der Waals surface area contributed by atoms with Crippen molar-refractivity contribution in [3.8, 4) is 56.7 Å². The van der Waals surface area contributed by atoms with Crippen molar-refractivity contribution in [2.45, 2.75) is 0 Å². The zero-order valence-corrected chi connectivity index (χ0v) is 28.5. The second-order valence-electron chi connectivity index (χ2n) is 13.0. The van der Waals surface area contributed by atoms with Crippen molar-refractivity contribution in [1.29, 1.82) is 0 Å². The molecule has 0 unspecified atom stereocenters. The van der Waals surface area contributed by atoms with Gasteiger partial charge in [-0.05, 0) is 64.9 Å². The van der Waals surface area contributed by atoms with Crippen molar-refractivity contribution >= 4 is 45.4 Å². The van der Waals surface area contributed by atoms with Crippen LogP contribution < -0.4 is 16.4 Å². The van der Waals surface area contributed by atoms with Gasteiger partial charge in [-0.25, -0.2) is 33.1 Å². The predicted molar refractivity (Wildman–Crippen MR) is 205 cm³/mol. The van der Waals surface area contributed by atoms with E-state index in [0.29, 0.717) is 46.8 Å². The highest BCUT2D eigenvalue weighted by Crippen LogP contribution is 2.38. The number of rotatable bonds is 4. The smallest absolute Gasteiger partial charge is 0.252 e. The molecule has 258 valence electrons. The van der Waals surface area contributed by atoms with Crippen molar-refractivity contribution in [2.24, 2.45) is 0 Å². The molecule has 2 aliphatic heterocycles. The molecule has 0 spiro atoms. The molecule has 0 radical (unpaired) electrons. The van der Waals surface area contributed by atoms with Crippen LogP contribution in [-0.4, -0.2) is 43.0 Å². The van der Waals surface area contributed by atoms with Gasteiger partial charge >= 0.3 is 0 Å². The van der Waals surface area contributed by atoms with E-state index in [9.17, 15) is 4.39 Å². The first-order valence-electron chi connectivity index (χ1n) is 17.2. The maximum atomic E-state index is 15.7. The Morgan fingerprint density at radius 1 is 0.481 bits per heavy atom. The minimum Gasteiger partial charge on any atom is -0.292 e. The number of fused-ring (bicyclic) bond motifs is 4. The highest BCUT2D eigenvalue weighted by Gasteiger charge is 2.43. The van der Waals surface area contributed by atoms with E-state index in [1.54, 1.807) is 18.2 Å². The predicted octanol–water partition coefficient (Wildman–Crippen LogP) is 7.97. The van der Waals surface area contributed by atoms with E-state index < -0.39 is 17.5 Å². The molecule has 0 atom stereocenters. The van der Waals surface area contributed by atoms with Crippen molar-refractivity contribution in [3.63, 3.8) is 0 Å². The SMILES string of the molecule is CF.Fc1ccccc1-c1nc2nc(-c3ccccc3)cc3c2n1-c1cccc2c1B3c1cc(-c3ccccc3)nc3nc(-c4c(F)cccc4F)n-2c13. The maximum absolute atomic E-state index is 15.7. The van der Waals surface area contributed by atoms with E-state index in [4.69, 9.17) is 19.9 Å². The largest absolute Gasteiger partial charge is 0.292 e. The Labute approximate surface area is 306 Å². The van der Waals surface area contributed by atoms with E-state index in [1.165, 1.54) is 24.3 Å². The summed E-state index contributed by atoms with van der Waals surface area (Å²) < 4.78 is 60.3. The van der Waals surface area contributed by atoms with Gasteiger partial charge in [0.1, 0.15) is 17.5 Å². The third-order valence-corrected chi connectivity index (χ3v) is 10.2. The van der Waals surface area contributed by atoms with E-state index in [-0.39, 0.29) is 18.1 Å². The molecule has 11 rings (SSSR count). The summed E-state index contributed by atoms with van der Waals surface area (Å²) in [5.74, 6) is -1.37. The summed E-state index contributed by atoms with van der Waals surface area (Å²) in [6.07, 6.45) is 0. The number of alkyl halides is 1. The highest BCUT2D eigenvalue weighted by atomic mass is 19.1. The molecule has 0 amide bonds. The minimum absolute atomic E-state index is 0.104. The van der Waals surface area contributed by atoms with Crippen molar-refractivity contribution < 1.29 is 17.6 Å². The first-order chi connectivity index (χ1) is 26.5. The molecular formula is C43H25BF4N6. The Morgan fingerprint density at radius 2 is 0.944 bits per heavy atom. The van der Waals surface area contributed by atoms with Crippen LogP contribution in [0.5, 0.6) is 0 Å². The van der Waals surface area contributed by atoms with Crippen LogP contribution in [0.15, 0.2) is 133 Å². The molecule has 0 N–H and O–H groups in total. The van der Waals surface area contributed by atoms with Gasteiger partial charge in [-0.1, -0.05) is 84.9 Å². The molecule has 11 heteroatoms. The van der Waals surface area contributed by atoms with Crippen molar-refractivity contribution in [2.75, 3.05) is 7.18 Å². The average molecular weight is 713 g/mol. The minimum atomic E-state index is -0.731. The monoisotopic (exact) mass is 712 g/mol. The Balaban J connectivity index is 0.00000178. The number of hydrogen-bond donors (Lipinski definition) is 0. The van der Waals surface area contributed by atoms with Crippen LogP contribution in [0.4, 0.5) is 17.6 Å². The molecule has 54 heavy (non-hydrogen) atoms. The second-order valence-corrected chi connectivity index (χ2v) is 13.0. The average Bonchev–Trinajstić information content (AvgIpc) is 3.79. The van der Waals surface area contributed by atoms with Gasteiger partial charge in [0.2, 0.25) is 0 Å². The van der Waals surface area contributed by atoms with E-state index >= 15 is 13.2 Å². The molecule has 0 saturated carbocycles. The Hall–Kier alpha value is -6.88. The standard InChI is InChI=1S/C42H22BF3N6.CH3F/c44-28-16-8-7-15-25(28)41-49-39-37-26(21-31(47-39)23-11-3-1-4-12-23)43-27-22-32(24-13-5-2-6-14-24)48-40-38(27)52(34-20-10-19-33(36(34)43)51(37)41)42(50-40)35-29(45)17-9-18-30(35)46;1-2/h1-22H;1H3. The maximum Gasteiger partial charge on any atom is 0.252 e. The normalized spacial score (nSPS) is 12.1. The zero-order valence-electron chi connectivity index (χ0n) is 28.5. The number of aromatic nitrogens is 6. The van der Waals surface area contributed by atoms with Gasteiger partial charge in [-0.3, -0.25) is 13.5 Å². The fourth-order valence-electron chi connectivity index (χ4n) is 8.05. The number of benzene rings is 5. The van der Waals surface area contributed by atoms with Gasteiger partial charge in [-0.15, -0.1) is 0 Å². The van der Waals surface area contributed by atoms with Crippen LogP contribution in [0.1, 0.15) is 0 Å². The number of hydrogen-bond acceptors (Lipinski definition) is 4. The summed E-state index contributed by atoms with van der Waals surface area (Å²) in [6.45, 7) is -0.382. The number of halogens is 4. The second kappa shape index (κ2) is 12.1. The third kappa shape index (κ3) is 4.47. The van der Waals surface area contributed by atoms with Gasteiger partial charge in [-0.2, -0.15) is 0 Å². The Bertz CT molecular complexity index is 2940. The number of imidazole rings is 2. The summed E-state index contributed by atoms with van der Waals surface area (Å²) in [4.78, 5) is 20.0. The third-order valence-electron chi connectivity index (χ3n) is 10.2. The fraction of sp³-hybridized carbons (Fsp3) is 0.0233. The van der Waals surface area contributed by atoms with Gasteiger partial charge in [0.15, 0.2) is 22.9 Å². The molecular weight excluding hydrogens is 687 g/mol.